The molecule has 4 nitrogen and oxygen atoms in total. The van der Waals surface area contributed by atoms with Crippen molar-refractivity contribution in [3.8, 4) is 22.6 Å². The van der Waals surface area contributed by atoms with Crippen LogP contribution in [0.1, 0.15) is 0 Å². The van der Waals surface area contributed by atoms with Gasteiger partial charge in [0, 0.05) is 29.1 Å². The van der Waals surface area contributed by atoms with Crippen LogP contribution in [0.15, 0.2) is 54.7 Å². The Hall–Kier alpha value is -2.92. The van der Waals surface area contributed by atoms with Gasteiger partial charge in [0.05, 0.1) is 21.7 Å². The molecule has 0 bridgehead atoms. The number of aromatic nitrogens is 3. The third kappa shape index (κ3) is 2.49. The lowest BCUT2D eigenvalue weighted by Gasteiger charge is -2.06. The maximum atomic E-state index is 13.6. The Morgan fingerprint density at radius 3 is 2.67 bits per heavy atom. The minimum absolute atomic E-state index is 0.0468. The zero-order valence-electron chi connectivity index (χ0n) is 12.4. The second-order valence-corrected chi connectivity index (χ2v) is 5.80. The first-order chi connectivity index (χ1) is 11.6. The van der Waals surface area contributed by atoms with Crippen molar-refractivity contribution in [1.82, 2.24) is 15.0 Å². The van der Waals surface area contributed by atoms with Crippen LogP contribution in [0.2, 0.25) is 5.02 Å². The number of nitrogens with two attached hydrogens (primary N) is 1. The van der Waals surface area contributed by atoms with Gasteiger partial charge in [-0.3, -0.25) is 4.98 Å². The standard InChI is InChI=1S/C18H12ClFN4/c19-13-8-15-16(9-14(13)20)24-18(23-15)12-2-1-7-22-17(12)10-3-5-11(21)6-4-10/h1-9H,21H2,(H,23,24). The van der Waals surface area contributed by atoms with Gasteiger partial charge in [-0.25, -0.2) is 9.37 Å². The van der Waals surface area contributed by atoms with Crippen LogP contribution >= 0.6 is 11.6 Å². The summed E-state index contributed by atoms with van der Waals surface area (Å²) in [7, 11) is 0. The van der Waals surface area contributed by atoms with Crippen molar-refractivity contribution in [1.29, 1.82) is 0 Å². The van der Waals surface area contributed by atoms with E-state index in [1.165, 1.54) is 12.1 Å². The number of aromatic amines is 1. The topological polar surface area (TPSA) is 67.6 Å². The average Bonchev–Trinajstić information content (AvgIpc) is 2.98. The van der Waals surface area contributed by atoms with Crippen LogP contribution in [0.25, 0.3) is 33.7 Å². The van der Waals surface area contributed by atoms with E-state index in [0.717, 1.165) is 16.8 Å². The lowest BCUT2D eigenvalue weighted by molar-refractivity contribution is 0.630. The first-order valence-electron chi connectivity index (χ1n) is 7.28. The molecule has 2 aromatic heterocycles. The molecule has 4 rings (SSSR count). The Balaban J connectivity index is 1.89. The second-order valence-electron chi connectivity index (χ2n) is 5.39. The second kappa shape index (κ2) is 5.62. The van der Waals surface area contributed by atoms with E-state index in [2.05, 4.69) is 15.0 Å². The van der Waals surface area contributed by atoms with Crippen LogP contribution in [0.4, 0.5) is 10.1 Å². The molecule has 4 aromatic rings. The van der Waals surface area contributed by atoms with E-state index in [1.54, 1.807) is 6.20 Å². The van der Waals surface area contributed by atoms with Crippen LogP contribution in [-0.4, -0.2) is 15.0 Å². The highest BCUT2D eigenvalue weighted by Gasteiger charge is 2.13. The summed E-state index contributed by atoms with van der Waals surface area (Å²) < 4.78 is 13.6. The summed E-state index contributed by atoms with van der Waals surface area (Å²) in [5, 5.41) is 0.0468. The summed E-state index contributed by atoms with van der Waals surface area (Å²) in [6.45, 7) is 0. The molecule has 0 saturated heterocycles. The molecule has 0 radical (unpaired) electrons. The number of pyridine rings is 1. The van der Waals surface area contributed by atoms with Gasteiger partial charge in [-0.05, 0) is 30.3 Å². The number of imidazole rings is 1. The molecule has 0 fully saturated rings. The largest absolute Gasteiger partial charge is 0.399 e. The van der Waals surface area contributed by atoms with Crippen LogP contribution in [0.3, 0.4) is 0 Å². The summed E-state index contributed by atoms with van der Waals surface area (Å²) in [5.74, 6) is 0.121. The molecular formula is C18H12ClFN4. The third-order valence-corrected chi connectivity index (χ3v) is 4.06. The fraction of sp³-hybridized carbons (Fsp3) is 0. The van der Waals surface area contributed by atoms with Gasteiger partial charge < -0.3 is 10.7 Å². The number of benzene rings is 2. The fourth-order valence-electron chi connectivity index (χ4n) is 2.60. The molecule has 2 heterocycles. The number of rotatable bonds is 2. The maximum absolute atomic E-state index is 13.6. The fourth-order valence-corrected chi connectivity index (χ4v) is 2.76. The molecule has 2 aromatic carbocycles. The van der Waals surface area contributed by atoms with E-state index in [-0.39, 0.29) is 5.02 Å². The molecular weight excluding hydrogens is 327 g/mol. The number of halogens is 2. The van der Waals surface area contributed by atoms with Crippen molar-refractivity contribution in [2.75, 3.05) is 5.73 Å². The highest BCUT2D eigenvalue weighted by Crippen LogP contribution is 2.31. The molecule has 0 aliphatic carbocycles. The summed E-state index contributed by atoms with van der Waals surface area (Å²) in [4.78, 5) is 12.1. The van der Waals surface area contributed by atoms with Gasteiger partial charge >= 0.3 is 0 Å². The number of anilines is 1. The zero-order valence-corrected chi connectivity index (χ0v) is 13.2. The molecule has 3 N–H and O–H groups in total. The van der Waals surface area contributed by atoms with Crippen LogP contribution in [0, 0.1) is 5.82 Å². The van der Waals surface area contributed by atoms with E-state index in [0.29, 0.717) is 22.5 Å². The molecule has 0 spiro atoms. The Morgan fingerprint density at radius 1 is 1.08 bits per heavy atom. The lowest BCUT2D eigenvalue weighted by Crippen LogP contribution is -1.91. The Morgan fingerprint density at radius 2 is 1.88 bits per heavy atom. The van der Waals surface area contributed by atoms with Gasteiger partial charge in [0.15, 0.2) is 0 Å². The normalized spacial score (nSPS) is 11.1. The Kier molecular flexibility index (Phi) is 3.43. The molecule has 0 saturated carbocycles. The minimum atomic E-state index is -0.482. The molecule has 0 aliphatic rings. The monoisotopic (exact) mass is 338 g/mol. The maximum Gasteiger partial charge on any atom is 0.144 e. The smallest absolute Gasteiger partial charge is 0.144 e. The van der Waals surface area contributed by atoms with Crippen molar-refractivity contribution in [3.05, 3.63) is 65.6 Å². The van der Waals surface area contributed by atoms with E-state index in [1.807, 2.05) is 36.4 Å². The first kappa shape index (κ1) is 14.7. The summed E-state index contributed by atoms with van der Waals surface area (Å²) >= 11 is 5.83. The van der Waals surface area contributed by atoms with Crippen LogP contribution in [-0.2, 0) is 0 Å². The van der Waals surface area contributed by atoms with Crippen LogP contribution in [0.5, 0.6) is 0 Å². The van der Waals surface area contributed by atoms with Gasteiger partial charge in [-0.2, -0.15) is 0 Å². The number of nitrogens with one attached hydrogen (secondary N) is 1. The molecule has 0 amide bonds. The molecule has 0 unspecified atom stereocenters. The number of H-pyrrole nitrogens is 1. The van der Waals surface area contributed by atoms with E-state index in [9.17, 15) is 4.39 Å². The first-order valence-corrected chi connectivity index (χ1v) is 7.66. The van der Waals surface area contributed by atoms with Crippen molar-refractivity contribution in [3.63, 3.8) is 0 Å². The highest BCUT2D eigenvalue weighted by atomic mass is 35.5. The molecule has 0 atom stereocenters. The number of nitrogen functional groups attached to an aromatic ring is 1. The van der Waals surface area contributed by atoms with Crippen molar-refractivity contribution in [2.24, 2.45) is 0 Å². The number of nitrogens with zero attached hydrogens (tertiary/aromatic N) is 2. The summed E-state index contributed by atoms with van der Waals surface area (Å²) in [6, 6.07) is 14.0. The molecule has 24 heavy (non-hydrogen) atoms. The van der Waals surface area contributed by atoms with Crippen molar-refractivity contribution in [2.45, 2.75) is 0 Å². The zero-order chi connectivity index (χ0) is 16.7. The number of hydrogen-bond acceptors (Lipinski definition) is 3. The summed E-state index contributed by atoms with van der Waals surface area (Å²) in [5.41, 5.74) is 10.1. The third-order valence-electron chi connectivity index (χ3n) is 3.77. The molecule has 118 valence electrons. The van der Waals surface area contributed by atoms with Gasteiger partial charge in [-0.1, -0.05) is 23.7 Å². The predicted molar refractivity (Wildman–Crippen MR) is 94.1 cm³/mol. The van der Waals surface area contributed by atoms with E-state index >= 15 is 0 Å². The van der Waals surface area contributed by atoms with E-state index < -0.39 is 5.82 Å². The van der Waals surface area contributed by atoms with Gasteiger partial charge in [0.2, 0.25) is 0 Å². The lowest BCUT2D eigenvalue weighted by atomic mass is 10.1. The summed E-state index contributed by atoms with van der Waals surface area (Å²) in [6.07, 6.45) is 1.72. The Bertz CT molecular complexity index is 1000. The van der Waals surface area contributed by atoms with Gasteiger partial charge in [0.1, 0.15) is 11.6 Å². The van der Waals surface area contributed by atoms with Gasteiger partial charge in [0.25, 0.3) is 0 Å². The molecule has 6 heteroatoms. The molecule has 0 aliphatic heterocycles. The van der Waals surface area contributed by atoms with Gasteiger partial charge in [-0.15, -0.1) is 0 Å². The SMILES string of the molecule is Nc1ccc(-c2ncccc2-c2nc3cc(Cl)c(F)cc3[nH]2)cc1. The predicted octanol–water partition coefficient (Wildman–Crippen LogP) is 4.67. The van der Waals surface area contributed by atoms with Crippen molar-refractivity contribution < 1.29 is 4.39 Å². The number of hydrogen-bond donors (Lipinski definition) is 2. The highest BCUT2D eigenvalue weighted by molar-refractivity contribution is 6.31. The van der Waals surface area contributed by atoms with Crippen LogP contribution < -0.4 is 5.73 Å². The average molecular weight is 339 g/mol. The number of fused-ring (bicyclic) bond motifs is 1. The Labute approximate surface area is 142 Å². The van der Waals surface area contributed by atoms with E-state index in [4.69, 9.17) is 17.3 Å². The quantitative estimate of drug-likeness (QED) is 0.522. The van der Waals surface area contributed by atoms with Crippen molar-refractivity contribution >= 4 is 28.3 Å². The minimum Gasteiger partial charge on any atom is -0.399 e.